The third-order valence-electron chi connectivity index (χ3n) is 2.86. The Morgan fingerprint density at radius 2 is 1.95 bits per heavy atom. The van der Waals surface area contributed by atoms with E-state index in [1.165, 1.54) is 7.11 Å². The maximum atomic E-state index is 11.4. The van der Waals surface area contributed by atoms with Crippen LogP contribution in [0.25, 0.3) is 0 Å². The van der Waals surface area contributed by atoms with Crippen LogP contribution in [0.1, 0.15) is 10.4 Å². The van der Waals surface area contributed by atoms with Gasteiger partial charge in [-0.1, -0.05) is 15.9 Å². The number of methoxy groups -OCH3 is 2. The quantitative estimate of drug-likeness (QED) is 0.651. The second-order valence-electron chi connectivity index (χ2n) is 4.30. The molecule has 0 saturated heterocycles. The highest BCUT2D eigenvalue weighted by Gasteiger charge is 2.09. The molecule has 0 aliphatic carbocycles. The first kappa shape index (κ1) is 15.2. The molecule has 0 heterocycles. The number of hydrogen-bond acceptors (Lipinski definition) is 5. The highest BCUT2D eigenvalue weighted by atomic mass is 79.9. The summed E-state index contributed by atoms with van der Waals surface area (Å²) in [4.78, 5) is 11.4. The van der Waals surface area contributed by atoms with E-state index in [4.69, 9.17) is 10.5 Å². The van der Waals surface area contributed by atoms with E-state index in [0.717, 1.165) is 15.9 Å². The zero-order valence-corrected chi connectivity index (χ0v) is 13.2. The van der Waals surface area contributed by atoms with Crippen molar-refractivity contribution in [2.24, 2.45) is 0 Å². The van der Waals surface area contributed by atoms with Gasteiger partial charge in [0.05, 0.1) is 31.2 Å². The van der Waals surface area contributed by atoms with Gasteiger partial charge in [0.1, 0.15) is 5.75 Å². The number of anilines is 3. The SMILES string of the molecule is COC(=O)c1ccc(Nc2cc(Br)cc(OC)c2)c(N)c1. The number of hydrogen-bond donors (Lipinski definition) is 2. The molecule has 110 valence electrons. The first-order chi connectivity index (χ1) is 10.0. The molecule has 0 aliphatic rings. The van der Waals surface area contributed by atoms with Crippen molar-refractivity contribution in [3.63, 3.8) is 0 Å². The van der Waals surface area contributed by atoms with Gasteiger partial charge >= 0.3 is 5.97 Å². The van der Waals surface area contributed by atoms with Crippen LogP contribution in [0.3, 0.4) is 0 Å². The Morgan fingerprint density at radius 1 is 1.19 bits per heavy atom. The lowest BCUT2D eigenvalue weighted by Gasteiger charge is -2.12. The maximum Gasteiger partial charge on any atom is 0.337 e. The topological polar surface area (TPSA) is 73.6 Å². The Morgan fingerprint density at radius 3 is 2.57 bits per heavy atom. The molecule has 0 fully saturated rings. The van der Waals surface area contributed by atoms with Crippen molar-refractivity contribution in [3.05, 3.63) is 46.4 Å². The van der Waals surface area contributed by atoms with Gasteiger partial charge in [-0.3, -0.25) is 0 Å². The van der Waals surface area contributed by atoms with Crippen molar-refractivity contribution < 1.29 is 14.3 Å². The number of nitrogens with two attached hydrogens (primary N) is 1. The van der Waals surface area contributed by atoms with E-state index in [-0.39, 0.29) is 0 Å². The number of esters is 1. The fraction of sp³-hybridized carbons (Fsp3) is 0.133. The Labute approximate surface area is 131 Å². The van der Waals surface area contributed by atoms with Gasteiger partial charge in [-0.15, -0.1) is 0 Å². The van der Waals surface area contributed by atoms with Crippen LogP contribution in [0.5, 0.6) is 5.75 Å². The number of rotatable bonds is 4. The number of ether oxygens (including phenoxy) is 2. The van der Waals surface area contributed by atoms with Crippen molar-refractivity contribution in [2.45, 2.75) is 0 Å². The highest BCUT2D eigenvalue weighted by Crippen LogP contribution is 2.29. The second-order valence-corrected chi connectivity index (χ2v) is 5.21. The molecule has 0 amide bonds. The smallest absolute Gasteiger partial charge is 0.337 e. The Hall–Kier alpha value is -2.21. The summed E-state index contributed by atoms with van der Waals surface area (Å²) in [5.41, 5.74) is 8.34. The van der Waals surface area contributed by atoms with Gasteiger partial charge in [0, 0.05) is 16.2 Å². The number of benzene rings is 2. The summed E-state index contributed by atoms with van der Waals surface area (Å²) in [7, 11) is 2.93. The van der Waals surface area contributed by atoms with Crippen LogP contribution >= 0.6 is 15.9 Å². The van der Waals surface area contributed by atoms with Gasteiger partial charge in [0.2, 0.25) is 0 Å². The van der Waals surface area contributed by atoms with E-state index in [1.54, 1.807) is 25.3 Å². The van der Waals surface area contributed by atoms with E-state index in [9.17, 15) is 4.79 Å². The van der Waals surface area contributed by atoms with Crippen LogP contribution in [0, 0.1) is 0 Å². The molecule has 0 unspecified atom stereocenters. The lowest BCUT2D eigenvalue weighted by molar-refractivity contribution is 0.0601. The zero-order valence-electron chi connectivity index (χ0n) is 11.6. The number of nitrogens with one attached hydrogen (secondary N) is 1. The molecule has 0 spiro atoms. The first-order valence-electron chi connectivity index (χ1n) is 6.13. The van der Waals surface area contributed by atoms with E-state index in [0.29, 0.717) is 16.9 Å². The Bertz CT molecular complexity index is 674. The second kappa shape index (κ2) is 6.49. The van der Waals surface area contributed by atoms with E-state index >= 15 is 0 Å². The molecule has 0 saturated carbocycles. The fourth-order valence-electron chi connectivity index (χ4n) is 1.83. The summed E-state index contributed by atoms with van der Waals surface area (Å²) in [6, 6.07) is 10.6. The molecule has 2 rings (SSSR count). The predicted octanol–water partition coefficient (Wildman–Crippen LogP) is 3.57. The summed E-state index contributed by atoms with van der Waals surface area (Å²) < 4.78 is 10.7. The predicted molar refractivity (Wildman–Crippen MR) is 86.2 cm³/mol. The van der Waals surface area contributed by atoms with Crippen LogP contribution in [-0.2, 0) is 4.74 Å². The molecule has 6 heteroatoms. The highest BCUT2D eigenvalue weighted by molar-refractivity contribution is 9.10. The van der Waals surface area contributed by atoms with E-state index in [2.05, 4.69) is 26.0 Å². The van der Waals surface area contributed by atoms with Crippen LogP contribution in [0.2, 0.25) is 0 Å². The van der Waals surface area contributed by atoms with Gasteiger partial charge in [-0.05, 0) is 30.3 Å². The molecule has 5 nitrogen and oxygen atoms in total. The number of carbonyl (C=O) groups is 1. The molecule has 0 aromatic heterocycles. The summed E-state index contributed by atoms with van der Waals surface area (Å²) in [5.74, 6) is 0.300. The van der Waals surface area contributed by atoms with Crippen molar-refractivity contribution in [3.8, 4) is 5.75 Å². The zero-order chi connectivity index (χ0) is 15.4. The lowest BCUT2D eigenvalue weighted by Crippen LogP contribution is -2.04. The molecule has 0 atom stereocenters. The van der Waals surface area contributed by atoms with Crippen molar-refractivity contribution in [2.75, 3.05) is 25.3 Å². The monoisotopic (exact) mass is 350 g/mol. The van der Waals surface area contributed by atoms with Gasteiger partial charge in [0.15, 0.2) is 0 Å². The van der Waals surface area contributed by atoms with Crippen LogP contribution in [0.4, 0.5) is 17.1 Å². The number of nitrogen functional groups attached to an aromatic ring is 1. The van der Waals surface area contributed by atoms with E-state index < -0.39 is 5.97 Å². The Balaban J connectivity index is 2.27. The van der Waals surface area contributed by atoms with Crippen molar-refractivity contribution in [1.82, 2.24) is 0 Å². The number of halogens is 1. The van der Waals surface area contributed by atoms with Gasteiger partial charge in [-0.25, -0.2) is 4.79 Å². The lowest BCUT2D eigenvalue weighted by atomic mass is 10.1. The van der Waals surface area contributed by atoms with Crippen LogP contribution in [0.15, 0.2) is 40.9 Å². The summed E-state index contributed by atoms with van der Waals surface area (Å²) in [6.07, 6.45) is 0. The molecule has 0 aliphatic heterocycles. The van der Waals surface area contributed by atoms with Crippen molar-refractivity contribution in [1.29, 1.82) is 0 Å². The maximum absolute atomic E-state index is 11.4. The van der Waals surface area contributed by atoms with E-state index in [1.807, 2.05) is 18.2 Å². The van der Waals surface area contributed by atoms with Crippen molar-refractivity contribution >= 4 is 39.0 Å². The van der Waals surface area contributed by atoms with Gasteiger partial charge < -0.3 is 20.5 Å². The molecule has 21 heavy (non-hydrogen) atoms. The minimum absolute atomic E-state index is 0.410. The summed E-state index contributed by atoms with van der Waals surface area (Å²) in [6.45, 7) is 0. The average molecular weight is 351 g/mol. The first-order valence-corrected chi connectivity index (χ1v) is 6.92. The normalized spacial score (nSPS) is 10.0. The van der Waals surface area contributed by atoms with Crippen LogP contribution < -0.4 is 15.8 Å². The minimum Gasteiger partial charge on any atom is -0.497 e. The average Bonchev–Trinajstić information content (AvgIpc) is 2.47. The standard InChI is InChI=1S/C15H15BrN2O3/c1-20-12-7-10(16)6-11(8-12)18-14-4-3-9(5-13(14)17)15(19)21-2/h3-8,18H,17H2,1-2H3. The van der Waals surface area contributed by atoms with Gasteiger partial charge in [0.25, 0.3) is 0 Å². The molecule has 0 bridgehead atoms. The van der Waals surface area contributed by atoms with Crippen LogP contribution in [-0.4, -0.2) is 20.2 Å². The summed E-state index contributed by atoms with van der Waals surface area (Å²) in [5, 5.41) is 3.18. The molecule has 2 aromatic carbocycles. The minimum atomic E-state index is -0.419. The largest absolute Gasteiger partial charge is 0.497 e. The number of carbonyl (C=O) groups excluding carboxylic acids is 1. The Kier molecular flexibility index (Phi) is 4.70. The molecule has 2 aromatic rings. The van der Waals surface area contributed by atoms with Gasteiger partial charge in [-0.2, -0.15) is 0 Å². The molecule has 0 radical (unpaired) electrons. The summed E-state index contributed by atoms with van der Waals surface area (Å²) >= 11 is 3.41. The fourth-order valence-corrected chi connectivity index (χ4v) is 2.30. The molecular weight excluding hydrogens is 336 g/mol. The molecular formula is C15H15BrN2O3. The third kappa shape index (κ3) is 3.66. The molecule has 3 N–H and O–H groups in total. The third-order valence-corrected chi connectivity index (χ3v) is 3.32.